The number of hydrogen-bond donors (Lipinski definition) is 1. The number of rotatable bonds is 4. The third kappa shape index (κ3) is 3.96. The number of carbonyl (C=O) groups excluding carboxylic acids is 1. The van der Waals surface area contributed by atoms with Gasteiger partial charge in [0.15, 0.2) is 11.6 Å². The summed E-state index contributed by atoms with van der Waals surface area (Å²) in [6.45, 7) is 0. The van der Waals surface area contributed by atoms with E-state index in [0.717, 1.165) is 12.1 Å². The second kappa shape index (κ2) is 7.38. The Labute approximate surface area is 138 Å². The Kier molecular flexibility index (Phi) is 5.27. The van der Waals surface area contributed by atoms with Gasteiger partial charge in [0.2, 0.25) is 5.91 Å². The highest BCUT2D eigenvalue weighted by atomic mass is 19.1. The fraction of sp³-hybridized carbons (Fsp3) is 0.111. The summed E-state index contributed by atoms with van der Waals surface area (Å²) in [7, 11) is 3.05. The Morgan fingerprint density at radius 1 is 1.21 bits per heavy atom. The molecular formula is C18H15F2N3O. The zero-order valence-corrected chi connectivity index (χ0v) is 13.2. The van der Waals surface area contributed by atoms with Crippen LogP contribution < -0.4 is 10.2 Å². The highest BCUT2D eigenvalue weighted by Crippen LogP contribution is 2.25. The van der Waals surface area contributed by atoms with Crippen LogP contribution in [0.25, 0.3) is 6.08 Å². The Morgan fingerprint density at radius 2 is 1.83 bits per heavy atom. The van der Waals surface area contributed by atoms with Crippen molar-refractivity contribution in [3.8, 4) is 6.07 Å². The van der Waals surface area contributed by atoms with E-state index in [1.165, 1.54) is 31.1 Å². The molecule has 6 heteroatoms. The van der Waals surface area contributed by atoms with Crippen LogP contribution in [0.2, 0.25) is 0 Å². The van der Waals surface area contributed by atoms with Crippen LogP contribution in [0.4, 0.5) is 20.2 Å². The first-order valence-electron chi connectivity index (χ1n) is 7.07. The van der Waals surface area contributed by atoms with Gasteiger partial charge < -0.3 is 10.2 Å². The van der Waals surface area contributed by atoms with Crippen LogP contribution in [0.3, 0.4) is 0 Å². The first-order chi connectivity index (χ1) is 11.4. The largest absolute Gasteiger partial charge is 0.373 e. The monoisotopic (exact) mass is 327 g/mol. The Morgan fingerprint density at radius 3 is 2.42 bits per heavy atom. The number of nitrogens with one attached hydrogen (secondary N) is 1. The number of amides is 1. The molecule has 2 rings (SSSR count). The third-order valence-electron chi connectivity index (χ3n) is 3.23. The molecule has 0 saturated carbocycles. The molecule has 0 atom stereocenters. The standard InChI is InChI=1S/C18H15F2N3O/c1-23(2)18-15(19)9-14(10-16(18)20)22-17(24)8-7-12-5-3-4-6-13(12)11-21/h3-10H,1-2H3,(H,22,24)/b8-7+. The van der Waals surface area contributed by atoms with E-state index in [-0.39, 0.29) is 11.4 Å². The summed E-state index contributed by atoms with van der Waals surface area (Å²) >= 11 is 0. The second-order valence-electron chi connectivity index (χ2n) is 5.20. The first-order valence-corrected chi connectivity index (χ1v) is 7.07. The van der Waals surface area contributed by atoms with E-state index in [2.05, 4.69) is 5.32 Å². The van der Waals surface area contributed by atoms with Crippen molar-refractivity contribution in [2.45, 2.75) is 0 Å². The molecule has 0 bridgehead atoms. The molecule has 24 heavy (non-hydrogen) atoms. The van der Waals surface area contributed by atoms with Gasteiger partial charge in [-0.25, -0.2) is 8.78 Å². The summed E-state index contributed by atoms with van der Waals surface area (Å²) in [5.41, 5.74) is 0.842. The molecule has 0 aliphatic rings. The van der Waals surface area contributed by atoms with E-state index >= 15 is 0 Å². The first kappa shape index (κ1) is 17.2. The van der Waals surface area contributed by atoms with Crippen molar-refractivity contribution < 1.29 is 13.6 Å². The van der Waals surface area contributed by atoms with Gasteiger partial charge in [0.05, 0.1) is 11.6 Å². The quantitative estimate of drug-likeness (QED) is 0.874. The maximum atomic E-state index is 13.9. The van der Waals surface area contributed by atoms with Gasteiger partial charge in [-0.05, 0) is 29.8 Å². The summed E-state index contributed by atoms with van der Waals surface area (Å²) in [4.78, 5) is 13.2. The van der Waals surface area contributed by atoms with Crippen molar-refractivity contribution in [3.63, 3.8) is 0 Å². The van der Waals surface area contributed by atoms with Gasteiger partial charge in [-0.2, -0.15) is 5.26 Å². The fourth-order valence-electron chi connectivity index (χ4n) is 2.16. The number of halogens is 2. The Balaban J connectivity index is 2.16. The van der Waals surface area contributed by atoms with Crippen molar-refractivity contribution in [2.24, 2.45) is 0 Å². The molecule has 0 aromatic heterocycles. The van der Waals surface area contributed by atoms with Crippen LogP contribution in [-0.2, 0) is 4.79 Å². The molecule has 0 saturated heterocycles. The van der Waals surface area contributed by atoms with E-state index in [4.69, 9.17) is 5.26 Å². The van der Waals surface area contributed by atoms with Crippen LogP contribution in [-0.4, -0.2) is 20.0 Å². The number of hydrogen-bond acceptors (Lipinski definition) is 3. The molecule has 2 aromatic carbocycles. The summed E-state index contributed by atoms with van der Waals surface area (Å²) in [6.07, 6.45) is 2.67. The zero-order chi connectivity index (χ0) is 17.7. The maximum absolute atomic E-state index is 13.9. The van der Waals surface area contributed by atoms with Crippen molar-refractivity contribution in [1.82, 2.24) is 0 Å². The zero-order valence-electron chi connectivity index (χ0n) is 13.2. The van der Waals surface area contributed by atoms with Crippen molar-refractivity contribution >= 4 is 23.4 Å². The van der Waals surface area contributed by atoms with Crippen molar-refractivity contribution in [3.05, 3.63) is 65.2 Å². The van der Waals surface area contributed by atoms with Gasteiger partial charge in [-0.15, -0.1) is 0 Å². The number of carbonyl (C=O) groups is 1. The molecule has 4 nitrogen and oxygen atoms in total. The minimum atomic E-state index is -0.769. The number of nitriles is 1. The lowest BCUT2D eigenvalue weighted by Gasteiger charge is -2.15. The van der Waals surface area contributed by atoms with E-state index < -0.39 is 17.5 Å². The number of nitrogens with zero attached hydrogens (tertiary/aromatic N) is 2. The predicted octanol–water partition coefficient (Wildman–Crippen LogP) is 3.55. The van der Waals surface area contributed by atoms with Crippen molar-refractivity contribution in [1.29, 1.82) is 5.26 Å². The summed E-state index contributed by atoms with van der Waals surface area (Å²) in [5.74, 6) is -2.10. The molecule has 1 N–H and O–H groups in total. The number of anilines is 2. The van der Waals surface area contributed by atoms with Crippen LogP contribution in [0.5, 0.6) is 0 Å². The molecule has 2 aromatic rings. The topological polar surface area (TPSA) is 56.1 Å². The molecule has 0 aliphatic carbocycles. The predicted molar refractivity (Wildman–Crippen MR) is 89.5 cm³/mol. The lowest BCUT2D eigenvalue weighted by atomic mass is 10.1. The SMILES string of the molecule is CN(C)c1c(F)cc(NC(=O)/C=C/c2ccccc2C#N)cc1F. The van der Waals surface area contributed by atoms with Gasteiger partial charge in [0.1, 0.15) is 5.69 Å². The van der Waals surface area contributed by atoms with E-state index in [1.807, 2.05) is 6.07 Å². The highest BCUT2D eigenvalue weighted by molar-refractivity contribution is 6.02. The molecule has 122 valence electrons. The van der Waals surface area contributed by atoms with E-state index in [1.54, 1.807) is 24.3 Å². The van der Waals surface area contributed by atoms with Crippen LogP contribution in [0.15, 0.2) is 42.5 Å². The lowest BCUT2D eigenvalue weighted by molar-refractivity contribution is -0.111. The Bertz CT molecular complexity index is 815. The molecule has 1 amide bonds. The van der Waals surface area contributed by atoms with Gasteiger partial charge in [-0.3, -0.25) is 4.79 Å². The minimum Gasteiger partial charge on any atom is -0.373 e. The summed E-state index contributed by atoms with van der Waals surface area (Å²) < 4.78 is 27.7. The normalized spacial score (nSPS) is 10.5. The molecule has 0 radical (unpaired) electrons. The average Bonchev–Trinajstić information content (AvgIpc) is 2.52. The van der Waals surface area contributed by atoms with Crippen LogP contribution in [0, 0.1) is 23.0 Å². The van der Waals surface area contributed by atoms with Gasteiger partial charge in [0, 0.05) is 25.9 Å². The smallest absolute Gasteiger partial charge is 0.248 e. The minimum absolute atomic E-state index is 0.0128. The fourth-order valence-corrected chi connectivity index (χ4v) is 2.16. The van der Waals surface area contributed by atoms with Gasteiger partial charge in [0.25, 0.3) is 0 Å². The summed E-state index contributed by atoms with van der Waals surface area (Å²) in [5, 5.41) is 11.4. The molecule has 0 unspecified atom stereocenters. The van der Waals surface area contributed by atoms with E-state index in [0.29, 0.717) is 11.1 Å². The molecule has 0 spiro atoms. The van der Waals surface area contributed by atoms with Crippen molar-refractivity contribution in [2.75, 3.05) is 24.3 Å². The van der Waals surface area contributed by atoms with Gasteiger partial charge in [-0.1, -0.05) is 18.2 Å². The molecular weight excluding hydrogens is 312 g/mol. The second-order valence-corrected chi connectivity index (χ2v) is 5.20. The molecule has 0 heterocycles. The lowest BCUT2D eigenvalue weighted by Crippen LogP contribution is -2.14. The average molecular weight is 327 g/mol. The molecule has 0 aliphatic heterocycles. The number of benzene rings is 2. The highest BCUT2D eigenvalue weighted by Gasteiger charge is 2.13. The van der Waals surface area contributed by atoms with Crippen LogP contribution in [0.1, 0.15) is 11.1 Å². The third-order valence-corrected chi connectivity index (χ3v) is 3.23. The molecule has 0 fully saturated rings. The Hall–Kier alpha value is -3.20. The van der Waals surface area contributed by atoms with Crippen LogP contribution >= 0.6 is 0 Å². The van der Waals surface area contributed by atoms with Gasteiger partial charge >= 0.3 is 0 Å². The summed E-state index contributed by atoms with van der Waals surface area (Å²) in [6, 6.07) is 10.9. The maximum Gasteiger partial charge on any atom is 0.248 e. The van der Waals surface area contributed by atoms with E-state index in [9.17, 15) is 13.6 Å².